The molecule has 0 aliphatic rings. The first kappa shape index (κ1) is 13.1. The van der Waals surface area contributed by atoms with Gasteiger partial charge in [0.2, 0.25) is 0 Å². The second-order valence-corrected chi connectivity index (χ2v) is 5.91. The van der Waals surface area contributed by atoms with E-state index >= 15 is 0 Å². The highest BCUT2D eigenvalue weighted by Gasteiger charge is 2.13. The topological polar surface area (TPSA) is 111 Å². The molecule has 0 radical (unpaired) electrons. The van der Waals surface area contributed by atoms with Crippen LogP contribution in [0.15, 0.2) is 46.7 Å². The normalized spacial score (nSPS) is 12.6. The van der Waals surface area contributed by atoms with Crippen molar-refractivity contribution in [2.45, 2.75) is 4.90 Å². The van der Waals surface area contributed by atoms with E-state index in [9.17, 15) is 8.42 Å². The molecule has 0 fully saturated rings. The van der Waals surface area contributed by atoms with Gasteiger partial charge in [-0.1, -0.05) is 17.3 Å². The Morgan fingerprint density at radius 1 is 1.42 bits per heavy atom. The number of nitrogens with zero attached hydrogens (tertiary/aromatic N) is 3. The molecule has 1 aromatic carbocycles. The van der Waals surface area contributed by atoms with E-state index in [0.29, 0.717) is 11.3 Å². The zero-order valence-corrected chi connectivity index (χ0v) is 10.9. The molecule has 7 nitrogen and oxygen atoms in total. The predicted molar refractivity (Wildman–Crippen MR) is 69.2 cm³/mol. The monoisotopic (exact) mass is 280 g/mol. The van der Waals surface area contributed by atoms with Crippen molar-refractivity contribution in [2.24, 2.45) is 10.9 Å². The number of nitrogens with two attached hydrogens (primary N) is 1. The minimum absolute atomic E-state index is 0.0768. The number of sulfone groups is 1. The van der Waals surface area contributed by atoms with Crippen LogP contribution < -0.4 is 5.73 Å². The van der Waals surface area contributed by atoms with Crippen molar-refractivity contribution in [1.29, 1.82) is 0 Å². The Bertz CT molecular complexity index is 734. The van der Waals surface area contributed by atoms with Crippen LogP contribution in [0.2, 0.25) is 0 Å². The van der Waals surface area contributed by atoms with E-state index in [1.807, 2.05) is 0 Å². The summed E-state index contributed by atoms with van der Waals surface area (Å²) < 4.78 is 24.2. The fourth-order valence-corrected chi connectivity index (χ4v) is 2.10. The smallest absolute Gasteiger partial charge is 0.178 e. The van der Waals surface area contributed by atoms with Crippen LogP contribution in [-0.2, 0) is 9.84 Å². The van der Waals surface area contributed by atoms with E-state index in [0.717, 1.165) is 6.26 Å². The molecule has 0 spiro atoms. The van der Waals surface area contributed by atoms with Gasteiger partial charge in [0.05, 0.1) is 11.9 Å². The molecule has 100 valence electrons. The van der Waals surface area contributed by atoms with Crippen molar-refractivity contribution in [3.63, 3.8) is 0 Å². The molecule has 8 heteroatoms. The quantitative estimate of drug-likeness (QED) is 0.365. The molecule has 1 aromatic heterocycles. The van der Waals surface area contributed by atoms with Crippen molar-refractivity contribution in [3.8, 4) is 5.69 Å². The Morgan fingerprint density at radius 3 is 2.68 bits per heavy atom. The summed E-state index contributed by atoms with van der Waals surface area (Å²) in [6.07, 6.45) is 3.72. The van der Waals surface area contributed by atoms with Gasteiger partial charge < -0.3 is 10.9 Å². The largest absolute Gasteiger partial charge is 0.409 e. The average molecular weight is 280 g/mol. The van der Waals surface area contributed by atoms with Gasteiger partial charge in [-0.05, 0) is 12.1 Å². The van der Waals surface area contributed by atoms with Crippen LogP contribution in [0.25, 0.3) is 5.69 Å². The lowest BCUT2D eigenvalue weighted by Gasteiger charge is -2.07. The summed E-state index contributed by atoms with van der Waals surface area (Å²) in [5, 5.41) is 15.6. The third kappa shape index (κ3) is 2.58. The number of hydrogen-bond acceptors (Lipinski definition) is 5. The molecule has 0 unspecified atom stereocenters. The maximum atomic E-state index is 11.4. The highest BCUT2D eigenvalue weighted by atomic mass is 32.2. The van der Waals surface area contributed by atoms with Crippen molar-refractivity contribution in [1.82, 2.24) is 9.78 Å². The van der Waals surface area contributed by atoms with E-state index in [-0.39, 0.29) is 10.7 Å². The average Bonchev–Trinajstić information content (AvgIpc) is 2.87. The van der Waals surface area contributed by atoms with Gasteiger partial charge in [-0.25, -0.2) is 13.1 Å². The highest BCUT2D eigenvalue weighted by molar-refractivity contribution is 7.90. The van der Waals surface area contributed by atoms with Gasteiger partial charge in [-0.3, -0.25) is 0 Å². The molecular weight excluding hydrogens is 268 g/mol. The van der Waals surface area contributed by atoms with Crippen LogP contribution in [0.4, 0.5) is 0 Å². The first-order valence-electron chi connectivity index (χ1n) is 5.25. The van der Waals surface area contributed by atoms with Crippen LogP contribution in [0.1, 0.15) is 5.56 Å². The standard InChI is InChI=1S/C11H12N4O3S/c1-19(17,18)8-6-13-15(7-8)10-5-3-2-4-9(10)11(12)14-16/h2-7,16H,1H3,(H2,12,14). The van der Waals surface area contributed by atoms with Crippen molar-refractivity contribution in [2.75, 3.05) is 6.26 Å². The fourth-order valence-electron chi connectivity index (χ4n) is 1.57. The second kappa shape index (κ2) is 4.73. The Morgan fingerprint density at radius 2 is 2.11 bits per heavy atom. The zero-order chi connectivity index (χ0) is 14.0. The van der Waals surface area contributed by atoms with Crippen LogP contribution >= 0.6 is 0 Å². The van der Waals surface area contributed by atoms with Gasteiger partial charge in [-0.2, -0.15) is 5.10 Å². The summed E-state index contributed by atoms with van der Waals surface area (Å²) in [4.78, 5) is 0.0989. The van der Waals surface area contributed by atoms with E-state index in [4.69, 9.17) is 10.9 Å². The number of rotatable bonds is 3. The third-order valence-electron chi connectivity index (χ3n) is 2.52. The molecule has 0 aliphatic carbocycles. The Balaban J connectivity index is 2.57. The van der Waals surface area contributed by atoms with Crippen molar-refractivity contribution < 1.29 is 13.6 Å². The third-order valence-corrected chi connectivity index (χ3v) is 3.59. The fraction of sp³-hybridized carbons (Fsp3) is 0.0909. The summed E-state index contributed by atoms with van der Waals surface area (Å²) in [6.45, 7) is 0. The highest BCUT2D eigenvalue weighted by Crippen LogP contribution is 2.16. The number of oxime groups is 1. The summed E-state index contributed by atoms with van der Waals surface area (Å²) in [6, 6.07) is 6.79. The molecule has 2 rings (SSSR count). The van der Waals surface area contributed by atoms with Crippen molar-refractivity contribution >= 4 is 15.7 Å². The van der Waals surface area contributed by atoms with Crippen LogP contribution in [0.5, 0.6) is 0 Å². The SMILES string of the molecule is CS(=O)(=O)c1cnn(-c2ccccc2/C(N)=N/O)c1. The van der Waals surface area contributed by atoms with Gasteiger partial charge in [0, 0.05) is 18.0 Å². The number of amidine groups is 1. The Labute approximate surface area is 109 Å². The number of benzene rings is 1. The van der Waals surface area contributed by atoms with E-state index in [1.165, 1.54) is 17.1 Å². The van der Waals surface area contributed by atoms with E-state index in [2.05, 4.69) is 10.3 Å². The number of aromatic nitrogens is 2. The molecule has 0 saturated heterocycles. The Hall–Kier alpha value is -2.35. The molecule has 19 heavy (non-hydrogen) atoms. The van der Waals surface area contributed by atoms with E-state index < -0.39 is 9.84 Å². The maximum absolute atomic E-state index is 11.4. The molecule has 0 bridgehead atoms. The number of para-hydroxylation sites is 1. The Kier molecular flexibility index (Phi) is 3.26. The predicted octanol–water partition coefficient (Wildman–Crippen LogP) is 0.370. The number of hydrogen-bond donors (Lipinski definition) is 2. The minimum atomic E-state index is -3.32. The van der Waals surface area contributed by atoms with Crippen LogP contribution in [0.3, 0.4) is 0 Å². The van der Waals surface area contributed by atoms with Crippen LogP contribution in [0, 0.1) is 0 Å². The van der Waals surface area contributed by atoms with Gasteiger partial charge in [0.1, 0.15) is 4.90 Å². The van der Waals surface area contributed by atoms with Crippen molar-refractivity contribution in [3.05, 3.63) is 42.2 Å². The summed E-state index contributed by atoms with van der Waals surface area (Å²) in [5.74, 6) is -0.0768. The first-order valence-corrected chi connectivity index (χ1v) is 7.14. The first-order chi connectivity index (χ1) is 8.93. The maximum Gasteiger partial charge on any atom is 0.178 e. The lowest BCUT2D eigenvalue weighted by atomic mass is 10.1. The summed E-state index contributed by atoms with van der Waals surface area (Å²) in [5.41, 5.74) is 6.54. The van der Waals surface area contributed by atoms with Gasteiger partial charge in [0.15, 0.2) is 15.7 Å². The molecule has 1 heterocycles. The molecule has 2 aromatic rings. The molecule has 0 amide bonds. The van der Waals surface area contributed by atoms with E-state index in [1.54, 1.807) is 24.3 Å². The molecule has 0 atom stereocenters. The van der Waals surface area contributed by atoms with Gasteiger partial charge in [0.25, 0.3) is 0 Å². The summed E-state index contributed by atoms with van der Waals surface area (Å²) >= 11 is 0. The summed E-state index contributed by atoms with van der Waals surface area (Å²) in [7, 11) is -3.32. The lowest BCUT2D eigenvalue weighted by Crippen LogP contribution is -2.16. The molecular formula is C11H12N4O3S. The molecule has 3 N–H and O–H groups in total. The minimum Gasteiger partial charge on any atom is -0.409 e. The zero-order valence-electron chi connectivity index (χ0n) is 10.1. The molecule has 0 aliphatic heterocycles. The lowest BCUT2D eigenvalue weighted by molar-refractivity contribution is 0.318. The second-order valence-electron chi connectivity index (χ2n) is 3.90. The van der Waals surface area contributed by atoms with Crippen LogP contribution in [-0.4, -0.2) is 35.5 Å². The van der Waals surface area contributed by atoms with Gasteiger partial charge in [-0.15, -0.1) is 0 Å². The van der Waals surface area contributed by atoms with Gasteiger partial charge >= 0.3 is 0 Å². The molecule has 0 saturated carbocycles.